The third-order valence-electron chi connectivity index (χ3n) is 3.43. The number of alkyl halides is 3. The van der Waals surface area contributed by atoms with Gasteiger partial charge >= 0.3 is 12.2 Å². The Hall–Kier alpha value is -2.25. The molecule has 3 amide bonds. The van der Waals surface area contributed by atoms with Crippen molar-refractivity contribution in [1.29, 1.82) is 0 Å². The van der Waals surface area contributed by atoms with Gasteiger partial charge in [0.1, 0.15) is 6.54 Å². The minimum atomic E-state index is -4.46. The molecule has 1 aromatic rings. The average Bonchev–Trinajstić information content (AvgIpc) is 2.83. The molecule has 1 saturated heterocycles. The molecule has 0 atom stereocenters. The number of rotatable bonds is 4. The largest absolute Gasteiger partial charge is 0.416 e. The van der Waals surface area contributed by atoms with Gasteiger partial charge in [-0.05, 0) is 11.6 Å². The van der Waals surface area contributed by atoms with Crippen molar-refractivity contribution in [3.05, 3.63) is 35.4 Å². The second kappa shape index (κ2) is 6.25. The van der Waals surface area contributed by atoms with E-state index in [0.717, 1.165) is 6.07 Å². The Kier molecular flexibility index (Phi) is 4.58. The molecule has 1 aliphatic rings. The molecule has 0 aromatic heterocycles. The zero-order chi connectivity index (χ0) is 16.3. The normalized spacial score (nSPS) is 14.9. The number of hydrogen-bond acceptors (Lipinski definition) is 2. The van der Waals surface area contributed by atoms with E-state index in [4.69, 9.17) is 0 Å². The van der Waals surface area contributed by atoms with Gasteiger partial charge in [0, 0.05) is 26.7 Å². The van der Waals surface area contributed by atoms with E-state index in [1.54, 1.807) is 0 Å². The highest BCUT2D eigenvalue weighted by Gasteiger charge is 2.33. The lowest BCUT2D eigenvalue weighted by Crippen LogP contribution is -2.39. The molecule has 1 aliphatic heterocycles. The van der Waals surface area contributed by atoms with Crippen molar-refractivity contribution < 1.29 is 22.8 Å². The molecule has 1 aromatic carbocycles. The molecule has 0 radical (unpaired) electrons. The summed E-state index contributed by atoms with van der Waals surface area (Å²) in [7, 11) is 1.42. The standard InChI is InChI=1S/C14H16F3N3O2/c1-19(12(21)9-20-7-6-18-13(20)22)8-10-4-2-3-5-11(10)14(15,16)17/h2-5H,6-9H2,1H3,(H,18,22). The Balaban J connectivity index is 2.04. The summed E-state index contributed by atoms with van der Waals surface area (Å²) in [6.07, 6.45) is -4.46. The maximum absolute atomic E-state index is 12.9. The summed E-state index contributed by atoms with van der Waals surface area (Å²) in [5, 5.41) is 2.56. The van der Waals surface area contributed by atoms with E-state index in [9.17, 15) is 22.8 Å². The first-order valence-corrected chi connectivity index (χ1v) is 6.71. The molecule has 5 nitrogen and oxygen atoms in total. The van der Waals surface area contributed by atoms with Crippen molar-refractivity contribution in [2.45, 2.75) is 12.7 Å². The van der Waals surface area contributed by atoms with Gasteiger partial charge < -0.3 is 15.1 Å². The first-order chi connectivity index (χ1) is 10.3. The quantitative estimate of drug-likeness (QED) is 0.919. The van der Waals surface area contributed by atoms with Gasteiger partial charge in [-0.1, -0.05) is 18.2 Å². The predicted molar refractivity (Wildman–Crippen MR) is 72.9 cm³/mol. The number of hydrogen-bond donors (Lipinski definition) is 1. The molecule has 0 bridgehead atoms. The van der Waals surface area contributed by atoms with Crippen molar-refractivity contribution in [2.24, 2.45) is 0 Å². The van der Waals surface area contributed by atoms with E-state index < -0.39 is 17.6 Å². The summed E-state index contributed by atoms with van der Waals surface area (Å²) in [4.78, 5) is 25.9. The molecule has 120 valence electrons. The summed E-state index contributed by atoms with van der Waals surface area (Å²) in [6, 6.07) is 4.80. The molecule has 2 rings (SSSR count). The van der Waals surface area contributed by atoms with E-state index in [0.29, 0.717) is 13.1 Å². The zero-order valence-corrected chi connectivity index (χ0v) is 12.0. The second-order valence-corrected chi connectivity index (χ2v) is 5.06. The number of amides is 3. The van der Waals surface area contributed by atoms with Crippen LogP contribution in [-0.4, -0.2) is 48.4 Å². The highest BCUT2D eigenvalue weighted by atomic mass is 19.4. The molecule has 1 heterocycles. The number of halogens is 3. The molecule has 8 heteroatoms. The number of urea groups is 1. The summed E-state index contributed by atoms with van der Waals surface area (Å²) in [5.41, 5.74) is -0.731. The van der Waals surface area contributed by atoms with Crippen molar-refractivity contribution >= 4 is 11.9 Å². The number of carbonyl (C=O) groups excluding carboxylic acids is 2. The van der Waals surface area contributed by atoms with Crippen molar-refractivity contribution in [3.8, 4) is 0 Å². The maximum Gasteiger partial charge on any atom is 0.416 e. The van der Waals surface area contributed by atoms with Crippen LogP contribution in [0.15, 0.2) is 24.3 Å². The third kappa shape index (κ3) is 3.69. The van der Waals surface area contributed by atoms with Crippen molar-refractivity contribution in [2.75, 3.05) is 26.7 Å². The Morgan fingerprint density at radius 2 is 2.05 bits per heavy atom. The van der Waals surface area contributed by atoms with Gasteiger partial charge in [-0.15, -0.1) is 0 Å². The fraction of sp³-hybridized carbons (Fsp3) is 0.429. The van der Waals surface area contributed by atoms with Gasteiger partial charge in [0.15, 0.2) is 0 Å². The molecule has 1 fully saturated rings. The van der Waals surface area contributed by atoms with Crippen LogP contribution < -0.4 is 5.32 Å². The zero-order valence-electron chi connectivity index (χ0n) is 12.0. The van der Waals surface area contributed by atoms with Gasteiger partial charge in [-0.2, -0.15) is 13.2 Å². The maximum atomic E-state index is 12.9. The number of nitrogens with one attached hydrogen (secondary N) is 1. The Morgan fingerprint density at radius 1 is 1.36 bits per heavy atom. The lowest BCUT2D eigenvalue weighted by Gasteiger charge is -2.22. The monoisotopic (exact) mass is 315 g/mol. The molecule has 0 spiro atoms. The van der Waals surface area contributed by atoms with Crippen LogP contribution in [0.2, 0.25) is 0 Å². The Labute approximate surface area is 125 Å². The first-order valence-electron chi connectivity index (χ1n) is 6.71. The molecule has 0 saturated carbocycles. The van der Waals surface area contributed by atoms with Crippen molar-refractivity contribution in [3.63, 3.8) is 0 Å². The van der Waals surface area contributed by atoms with Crippen LogP contribution in [0.3, 0.4) is 0 Å². The van der Waals surface area contributed by atoms with Crippen LogP contribution in [0, 0.1) is 0 Å². The lowest BCUT2D eigenvalue weighted by molar-refractivity contribution is -0.139. The van der Waals surface area contributed by atoms with Gasteiger partial charge in [-0.3, -0.25) is 4.79 Å². The first kappa shape index (κ1) is 16.1. The van der Waals surface area contributed by atoms with Crippen LogP contribution in [0.1, 0.15) is 11.1 Å². The number of nitrogens with zero attached hydrogens (tertiary/aromatic N) is 2. The van der Waals surface area contributed by atoms with Crippen LogP contribution >= 0.6 is 0 Å². The van der Waals surface area contributed by atoms with Gasteiger partial charge in [-0.25, -0.2) is 4.79 Å². The third-order valence-corrected chi connectivity index (χ3v) is 3.43. The smallest absolute Gasteiger partial charge is 0.340 e. The van der Waals surface area contributed by atoms with Gasteiger partial charge in [0.25, 0.3) is 0 Å². The Morgan fingerprint density at radius 3 is 2.64 bits per heavy atom. The minimum Gasteiger partial charge on any atom is -0.340 e. The molecular formula is C14H16F3N3O2. The van der Waals surface area contributed by atoms with Gasteiger partial charge in [0.2, 0.25) is 5.91 Å². The SMILES string of the molecule is CN(Cc1ccccc1C(F)(F)F)C(=O)CN1CCNC1=O. The molecule has 22 heavy (non-hydrogen) atoms. The Bertz CT molecular complexity index is 575. The second-order valence-electron chi connectivity index (χ2n) is 5.06. The summed E-state index contributed by atoms with van der Waals surface area (Å²) in [5.74, 6) is -0.408. The average molecular weight is 315 g/mol. The minimum absolute atomic E-state index is 0.0247. The summed E-state index contributed by atoms with van der Waals surface area (Å²) >= 11 is 0. The number of benzene rings is 1. The van der Waals surface area contributed by atoms with Crippen molar-refractivity contribution in [1.82, 2.24) is 15.1 Å². The highest BCUT2D eigenvalue weighted by Crippen LogP contribution is 2.32. The van der Waals surface area contributed by atoms with Gasteiger partial charge in [0.05, 0.1) is 5.56 Å². The summed E-state index contributed by atoms with van der Waals surface area (Å²) in [6.45, 7) is 0.574. The molecule has 0 unspecified atom stereocenters. The van der Waals surface area contributed by atoms with Crippen LogP contribution in [0.4, 0.5) is 18.0 Å². The predicted octanol–water partition coefficient (Wildman–Crippen LogP) is 1.69. The summed E-state index contributed by atoms with van der Waals surface area (Å²) < 4.78 is 38.7. The topological polar surface area (TPSA) is 52.7 Å². The fourth-order valence-corrected chi connectivity index (χ4v) is 2.22. The molecule has 1 N–H and O–H groups in total. The fourth-order valence-electron chi connectivity index (χ4n) is 2.22. The van der Waals surface area contributed by atoms with Crippen LogP contribution in [0.5, 0.6) is 0 Å². The number of carbonyl (C=O) groups is 2. The van der Waals surface area contributed by atoms with E-state index in [1.807, 2.05) is 0 Å². The lowest BCUT2D eigenvalue weighted by atomic mass is 10.1. The van der Waals surface area contributed by atoms with E-state index in [1.165, 1.54) is 35.0 Å². The highest BCUT2D eigenvalue weighted by molar-refractivity contribution is 5.84. The molecule has 0 aliphatic carbocycles. The molecular weight excluding hydrogens is 299 g/mol. The number of likely N-dealkylation sites (N-methyl/N-ethyl adjacent to an activating group) is 1. The van der Waals surface area contributed by atoms with E-state index >= 15 is 0 Å². The van der Waals surface area contributed by atoms with Crippen LogP contribution in [0.25, 0.3) is 0 Å². The van der Waals surface area contributed by atoms with Crippen LogP contribution in [-0.2, 0) is 17.5 Å². The van der Waals surface area contributed by atoms with E-state index in [2.05, 4.69) is 5.32 Å². The van der Waals surface area contributed by atoms with E-state index in [-0.39, 0.29) is 24.7 Å².